The number of halogens is 2. The van der Waals surface area contributed by atoms with E-state index >= 15 is 0 Å². The molecule has 0 unspecified atom stereocenters. The van der Waals surface area contributed by atoms with Crippen molar-refractivity contribution in [3.05, 3.63) is 57.1 Å². The lowest BCUT2D eigenvalue weighted by Crippen LogP contribution is -2.11. The number of H-pyrrole nitrogens is 1. The summed E-state index contributed by atoms with van der Waals surface area (Å²) in [5.41, 5.74) is 2.24. The smallest absolute Gasteiger partial charge is 0.273 e. The first-order chi connectivity index (χ1) is 10.1. The number of nitrogens with one attached hydrogen (secondary N) is 2. The zero-order chi connectivity index (χ0) is 14.8. The monoisotopic (exact) mass is 381 g/mol. The topological polar surface area (TPSA) is 57.8 Å². The summed E-state index contributed by atoms with van der Waals surface area (Å²) in [6.07, 6.45) is 1.70. The highest BCUT2D eigenvalue weighted by atomic mass is 79.9. The molecule has 7 heteroatoms. The van der Waals surface area contributed by atoms with E-state index in [0.29, 0.717) is 15.8 Å². The van der Waals surface area contributed by atoms with Gasteiger partial charge >= 0.3 is 0 Å². The molecule has 0 aliphatic carbocycles. The Labute approximate surface area is 138 Å². The quantitative estimate of drug-likeness (QED) is 0.683. The molecule has 0 bridgehead atoms. The average molecular weight is 383 g/mol. The average Bonchev–Trinajstić information content (AvgIpc) is 3.09. The minimum atomic E-state index is -0.224. The van der Waals surface area contributed by atoms with Gasteiger partial charge in [0, 0.05) is 26.6 Å². The van der Waals surface area contributed by atoms with Crippen LogP contribution in [-0.4, -0.2) is 15.9 Å². The summed E-state index contributed by atoms with van der Waals surface area (Å²) in [5.74, 6) is -0.224. The molecular weight excluding hydrogens is 374 g/mol. The van der Waals surface area contributed by atoms with Crippen molar-refractivity contribution in [3.8, 4) is 11.3 Å². The predicted molar refractivity (Wildman–Crippen MR) is 89.0 cm³/mol. The maximum Gasteiger partial charge on any atom is 0.273 e. The Balaban J connectivity index is 1.76. The number of anilines is 1. The molecule has 2 heterocycles. The standard InChI is InChI=1S/C14H9BrClN3OS/c15-9-5-11(17-6-9)13(20)19-14-18-12(7-21-14)8-1-3-10(16)4-2-8/h1-7,17H,(H,18,19,20). The van der Waals surface area contributed by atoms with Crippen molar-refractivity contribution in [2.24, 2.45) is 0 Å². The number of rotatable bonds is 3. The molecule has 3 rings (SSSR count). The first-order valence-electron chi connectivity index (χ1n) is 5.98. The second-order valence-electron chi connectivity index (χ2n) is 4.23. The zero-order valence-electron chi connectivity index (χ0n) is 10.6. The lowest BCUT2D eigenvalue weighted by atomic mass is 10.2. The van der Waals surface area contributed by atoms with Crippen LogP contribution in [0.25, 0.3) is 11.3 Å². The second kappa shape index (κ2) is 6.01. The van der Waals surface area contributed by atoms with E-state index in [1.807, 2.05) is 29.6 Å². The Bertz CT molecular complexity index is 782. The van der Waals surface area contributed by atoms with E-state index in [2.05, 4.69) is 31.2 Å². The third-order valence-corrected chi connectivity index (χ3v) is 4.22. The Morgan fingerprint density at radius 2 is 2.10 bits per heavy atom. The molecule has 2 N–H and O–H groups in total. The maximum atomic E-state index is 12.0. The highest BCUT2D eigenvalue weighted by molar-refractivity contribution is 9.10. The van der Waals surface area contributed by atoms with E-state index < -0.39 is 0 Å². The highest BCUT2D eigenvalue weighted by Gasteiger charge is 2.11. The van der Waals surface area contributed by atoms with Gasteiger partial charge in [0.2, 0.25) is 0 Å². The van der Waals surface area contributed by atoms with Crippen LogP contribution in [0, 0.1) is 0 Å². The van der Waals surface area contributed by atoms with E-state index in [1.54, 1.807) is 12.3 Å². The highest BCUT2D eigenvalue weighted by Crippen LogP contribution is 2.26. The number of carbonyl (C=O) groups is 1. The van der Waals surface area contributed by atoms with Gasteiger partial charge in [-0.2, -0.15) is 0 Å². The summed E-state index contributed by atoms with van der Waals surface area (Å²) in [6, 6.07) is 9.12. The zero-order valence-corrected chi connectivity index (χ0v) is 13.7. The van der Waals surface area contributed by atoms with Crippen LogP contribution in [0.1, 0.15) is 10.5 Å². The molecule has 21 heavy (non-hydrogen) atoms. The molecule has 0 aliphatic heterocycles. The fourth-order valence-corrected chi connectivity index (χ4v) is 2.93. The molecule has 0 spiro atoms. The van der Waals surface area contributed by atoms with Gasteiger partial charge in [-0.05, 0) is 34.1 Å². The van der Waals surface area contributed by atoms with Crippen LogP contribution >= 0.6 is 38.9 Å². The molecule has 1 aromatic carbocycles. The van der Waals surface area contributed by atoms with Gasteiger partial charge < -0.3 is 4.98 Å². The van der Waals surface area contributed by atoms with Gasteiger partial charge in [0.1, 0.15) is 5.69 Å². The molecule has 3 aromatic rings. The first-order valence-corrected chi connectivity index (χ1v) is 8.03. The van der Waals surface area contributed by atoms with Gasteiger partial charge in [0.05, 0.1) is 5.69 Å². The van der Waals surface area contributed by atoms with Crippen molar-refractivity contribution in [2.45, 2.75) is 0 Å². The summed E-state index contributed by atoms with van der Waals surface area (Å²) in [4.78, 5) is 19.3. The molecule has 0 atom stereocenters. The van der Waals surface area contributed by atoms with Crippen LogP contribution in [-0.2, 0) is 0 Å². The number of aromatic nitrogens is 2. The van der Waals surface area contributed by atoms with Crippen LogP contribution in [0.2, 0.25) is 5.02 Å². The van der Waals surface area contributed by atoms with Crippen LogP contribution in [0.15, 0.2) is 46.4 Å². The van der Waals surface area contributed by atoms with Gasteiger partial charge in [-0.15, -0.1) is 11.3 Å². The molecule has 0 fully saturated rings. The Morgan fingerprint density at radius 1 is 1.33 bits per heavy atom. The van der Waals surface area contributed by atoms with E-state index in [-0.39, 0.29) is 5.91 Å². The normalized spacial score (nSPS) is 10.6. The Morgan fingerprint density at radius 3 is 2.76 bits per heavy atom. The van der Waals surface area contributed by atoms with Crippen molar-refractivity contribution < 1.29 is 4.79 Å². The number of aromatic amines is 1. The number of hydrogen-bond acceptors (Lipinski definition) is 3. The molecular formula is C14H9BrClN3OS. The molecule has 2 aromatic heterocycles. The number of benzene rings is 1. The molecule has 0 aliphatic rings. The predicted octanol–water partition coefficient (Wildman–Crippen LogP) is 4.81. The summed E-state index contributed by atoms with van der Waals surface area (Å²) in [5, 5.41) is 5.89. The second-order valence-corrected chi connectivity index (χ2v) is 6.44. The summed E-state index contributed by atoms with van der Waals surface area (Å²) in [6.45, 7) is 0. The number of thiazole rings is 1. The molecule has 0 saturated heterocycles. The van der Waals surface area contributed by atoms with E-state index in [1.165, 1.54) is 11.3 Å². The Kier molecular flexibility index (Phi) is 4.10. The van der Waals surface area contributed by atoms with Gasteiger partial charge in [-0.3, -0.25) is 10.1 Å². The van der Waals surface area contributed by atoms with Crippen molar-refractivity contribution in [3.63, 3.8) is 0 Å². The number of nitrogens with zero attached hydrogens (tertiary/aromatic N) is 1. The van der Waals surface area contributed by atoms with Crippen molar-refractivity contribution in [1.29, 1.82) is 0 Å². The fraction of sp³-hybridized carbons (Fsp3) is 0. The minimum absolute atomic E-state index is 0.224. The van der Waals surface area contributed by atoms with Gasteiger partial charge in [0.25, 0.3) is 5.91 Å². The third-order valence-electron chi connectivity index (χ3n) is 2.76. The molecule has 0 saturated carbocycles. The maximum absolute atomic E-state index is 12.0. The third kappa shape index (κ3) is 3.34. The van der Waals surface area contributed by atoms with Crippen molar-refractivity contribution in [1.82, 2.24) is 9.97 Å². The van der Waals surface area contributed by atoms with E-state index in [4.69, 9.17) is 11.6 Å². The lowest BCUT2D eigenvalue weighted by Gasteiger charge is -1.99. The van der Waals surface area contributed by atoms with E-state index in [0.717, 1.165) is 15.7 Å². The lowest BCUT2D eigenvalue weighted by molar-refractivity contribution is 0.102. The largest absolute Gasteiger partial charge is 0.356 e. The van der Waals surface area contributed by atoms with Gasteiger partial charge in [-0.1, -0.05) is 23.7 Å². The first kappa shape index (κ1) is 14.3. The number of carbonyl (C=O) groups excluding carboxylic acids is 1. The van der Waals surface area contributed by atoms with Crippen LogP contribution in [0.4, 0.5) is 5.13 Å². The van der Waals surface area contributed by atoms with Crippen LogP contribution in [0.5, 0.6) is 0 Å². The van der Waals surface area contributed by atoms with Gasteiger partial charge in [-0.25, -0.2) is 4.98 Å². The minimum Gasteiger partial charge on any atom is -0.356 e. The summed E-state index contributed by atoms with van der Waals surface area (Å²) < 4.78 is 0.827. The molecule has 106 valence electrons. The SMILES string of the molecule is O=C(Nc1nc(-c2ccc(Cl)cc2)cs1)c1cc(Br)c[nH]1. The molecule has 0 radical (unpaired) electrons. The van der Waals surface area contributed by atoms with Crippen molar-refractivity contribution >= 4 is 49.9 Å². The van der Waals surface area contributed by atoms with Gasteiger partial charge in [0.15, 0.2) is 5.13 Å². The van der Waals surface area contributed by atoms with E-state index in [9.17, 15) is 4.79 Å². The fourth-order valence-electron chi connectivity index (χ4n) is 1.75. The van der Waals surface area contributed by atoms with Crippen molar-refractivity contribution in [2.75, 3.05) is 5.32 Å². The molecule has 1 amide bonds. The summed E-state index contributed by atoms with van der Waals surface area (Å²) in [7, 11) is 0. The van der Waals surface area contributed by atoms with Crippen LogP contribution in [0.3, 0.4) is 0 Å². The number of amides is 1. The number of hydrogen-bond donors (Lipinski definition) is 2. The molecule has 4 nitrogen and oxygen atoms in total. The summed E-state index contributed by atoms with van der Waals surface area (Å²) >= 11 is 10.5. The Hall–Kier alpha value is -1.63. The van der Waals surface area contributed by atoms with Crippen LogP contribution < -0.4 is 5.32 Å².